The SMILES string of the molecule is CN1C(=O)C[C@@H](C(=O)O)[C@@H]1c1ccc(Br)cc1. The van der Waals surface area contributed by atoms with Gasteiger partial charge in [0, 0.05) is 17.9 Å². The van der Waals surface area contributed by atoms with E-state index < -0.39 is 11.9 Å². The Morgan fingerprint density at radius 2 is 2.00 bits per heavy atom. The molecule has 5 heteroatoms. The van der Waals surface area contributed by atoms with Crippen molar-refractivity contribution in [3.8, 4) is 0 Å². The largest absolute Gasteiger partial charge is 0.481 e. The molecule has 0 spiro atoms. The predicted octanol–water partition coefficient (Wildman–Crippen LogP) is 2.05. The Kier molecular flexibility index (Phi) is 3.19. The fourth-order valence-corrected chi connectivity index (χ4v) is 2.47. The number of amides is 1. The van der Waals surface area contributed by atoms with Gasteiger partial charge in [0.1, 0.15) is 0 Å². The quantitative estimate of drug-likeness (QED) is 0.909. The highest BCUT2D eigenvalue weighted by molar-refractivity contribution is 9.10. The zero-order valence-electron chi connectivity index (χ0n) is 9.26. The molecule has 0 aromatic heterocycles. The maximum atomic E-state index is 11.6. The number of carboxylic acids is 1. The fourth-order valence-electron chi connectivity index (χ4n) is 2.21. The normalized spacial score (nSPS) is 24.1. The number of hydrogen-bond acceptors (Lipinski definition) is 2. The van der Waals surface area contributed by atoms with E-state index in [-0.39, 0.29) is 18.4 Å². The molecule has 0 unspecified atom stereocenters. The molecule has 1 aromatic rings. The third-order valence-electron chi connectivity index (χ3n) is 3.12. The van der Waals surface area contributed by atoms with Gasteiger partial charge in [-0.3, -0.25) is 9.59 Å². The van der Waals surface area contributed by atoms with E-state index in [1.54, 1.807) is 7.05 Å². The van der Waals surface area contributed by atoms with Crippen molar-refractivity contribution in [2.75, 3.05) is 7.05 Å². The first-order valence-corrected chi connectivity index (χ1v) is 6.04. The van der Waals surface area contributed by atoms with E-state index in [0.29, 0.717) is 0 Å². The highest BCUT2D eigenvalue weighted by atomic mass is 79.9. The maximum absolute atomic E-state index is 11.6. The highest BCUT2D eigenvalue weighted by Gasteiger charge is 2.42. The van der Waals surface area contributed by atoms with E-state index in [1.807, 2.05) is 24.3 Å². The van der Waals surface area contributed by atoms with E-state index in [9.17, 15) is 9.59 Å². The molecule has 1 heterocycles. The van der Waals surface area contributed by atoms with Crippen molar-refractivity contribution in [2.24, 2.45) is 5.92 Å². The summed E-state index contributed by atoms with van der Waals surface area (Å²) in [6.07, 6.45) is 0.0760. The topological polar surface area (TPSA) is 57.6 Å². The summed E-state index contributed by atoms with van der Waals surface area (Å²) in [5.74, 6) is -1.70. The van der Waals surface area contributed by atoms with Crippen LogP contribution in [0, 0.1) is 5.92 Å². The lowest BCUT2D eigenvalue weighted by molar-refractivity contribution is -0.142. The Morgan fingerprint density at radius 3 is 2.53 bits per heavy atom. The maximum Gasteiger partial charge on any atom is 0.309 e. The van der Waals surface area contributed by atoms with Crippen LogP contribution in [0.5, 0.6) is 0 Å². The zero-order chi connectivity index (χ0) is 12.6. The third-order valence-corrected chi connectivity index (χ3v) is 3.64. The lowest BCUT2D eigenvalue weighted by Gasteiger charge is -2.23. The van der Waals surface area contributed by atoms with Crippen molar-refractivity contribution >= 4 is 27.8 Å². The van der Waals surface area contributed by atoms with Gasteiger partial charge >= 0.3 is 5.97 Å². The van der Waals surface area contributed by atoms with Crippen LogP contribution < -0.4 is 0 Å². The number of carbonyl (C=O) groups is 2. The average molecular weight is 298 g/mol. The molecule has 0 radical (unpaired) electrons. The second-order valence-electron chi connectivity index (χ2n) is 4.15. The molecule has 0 bridgehead atoms. The smallest absolute Gasteiger partial charge is 0.309 e. The summed E-state index contributed by atoms with van der Waals surface area (Å²) in [5, 5.41) is 9.15. The van der Waals surface area contributed by atoms with Gasteiger partial charge < -0.3 is 10.0 Å². The first kappa shape index (κ1) is 12.1. The molecule has 17 heavy (non-hydrogen) atoms. The Bertz CT molecular complexity index is 457. The molecule has 2 rings (SSSR count). The summed E-state index contributed by atoms with van der Waals surface area (Å²) in [7, 11) is 1.65. The molecule has 90 valence electrons. The Morgan fingerprint density at radius 1 is 1.41 bits per heavy atom. The lowest BCUT2D eigenvalue weighted by atomic mass is 9.94. The van der Waals surface area contributed by atoms with Crippen molar-refractivity contribution in [3.05, 3.63) is 34.3 Å². The number of halogens is 1. The molecule has 1 amide bonds. The number of carbonyl (C=O) groups excluding carboxylic acids is 1. The van der Waals surface area contributed by atoms with E-state index >= 15 is 0 Å². The first-order chi connectivity index (χ1) is 8.00. The summed E-state index contributed by atoms with van der Waals surface area (Å²) in [4.78, 5) is 24.3. The number of aliphatic carboxylic acids is 1. The van der Waals surface area contributed by atoms with Crippen molar-refractivity contribution in [3.63, 3.8) is 0 Å². The summed E-state index contributed by atoms with van der Waals surface area (Å²) in [6, 6.07) is 7.03. The Balaban J connectivity index is 2.37. The second kappa shape index (κ2) is 4.49. The molecule has 1 aliphatic heterocycles. The van der Waals surface area contributed by atoms with E-state index in [0.717, 1.165) is 10.0 Å². The van der Waals surface area contributed by atoms with Gasteiger partial charge in [-0.15, -0.1) is 0 Å². The minimum atomic E-state index is -0.921. The molecule has 1 fully saturated rings. The highest BCUT2D eigenvalue weighted by Crippen LogP contribution is 2.37. The molecule has 4 nitrogen and oxygen atoms in total. The van der Waals surface area contributed by atoms with Crippen molar-refractivity contribution in [1.29, 1.82) is 0 Å². The minimum Gasteiger partial charge on any atom is -0.481 e. The summed E-state index contributed by atoms with van der Waals surface area (Å²) in [6.45, 7) is 0. The second-order valence-corrected chi connectivity index (χ2v) is 5.07. The van der Waals surface area contributed by atoms with Crippen LogP contribution in [-0.2, 0) is 9.59 Å². The minimum absolute atomic E-state index is 0.0760. The lowest BCUT2D eigenvalue weighted by Crippen LogP contribution is -2.26. The van der Waals surface area contributed by atoms with Gasteiger partial charge in [-0.2, -0.15) is 0 Å². The molecule has 0 saturated carbocycles. The molecule has 1 aromatic carbocycles. The Labute approximate surface area is 107 Å². The molecule has 1 saturated heterocycles. The number of nitrogens with zero attached hydrogens (tertiary/aromatic N) is 1. The number of likely N-dealkylation sites (tertiary alicyclic amines) is 1. The van der Waals surface area contributed by atoms with Gasteiger partial charge in [0.25, 0.3) is 0 Å². The number of rotatable bonds is 2. The molecule has 1 aliphatic rings. The van der Waals surface area contributed by atoms with Crippen LogP contribution in [0.15, 0.2) is 28.7 Å². The van der Waals surface area contributed by atoms with E-state index in [4.69, 9.17) is 5.11 Å². The van der Waals surface area contributed by atoms with Crippen LogP contribution in [0.3, 0.4) is 0 Å². The van der Waals surface area contributed by atoms with Gasteiger partial charge in [-0.1, -0.05) is 28.1 Å². The van der Waals surface area contributed by atoms with E-state index in [2.05, 4.69) is 15.9 Å². The van der Waals surface area contributed by atoms with Crippen LogP contribution in [0.25, 0.3) is 0 Å². The first-order valence-electron chi connectivity index (χ1n) is 5.24. The molecular formula is C12H12BrNO3. The third kappa shape index (κ3) is 2.20. The standard InChI is InChI=1S/C12H12BrNO3/c1-14-10(15)6-9(12(16)17)11(14)7-2-4-8(13)5-3-7/h2-5,9,11H,6H2,1H3,(H,16,17)/t9-,11+/m1/s1. The van der Waals surface area contributed by atoms with Crippen LogP contribution in [0.1, 0.15) is 18.0 Å². The van der Waals surface area contributed by atoms with Crippen molar-refractivity contribution in [2.45, 2.75) is 12.5 Å². The molecule has 0 aliphatic carbocycles. The average Bonchev–Trinajstić information content (AvgIpc) is 2.57. The van der Waals surface area contributed by atoms with E-state index in [1.165, 1.54) is 4.90 Å². The Hall–Kier alpha value is -1.36. The molecule has 1 N–H and O–H groups in total. The molecular weight excluding hydrogens is 286 g/mol. The van der Waals surface area contributed by atoms with Crippen molar-refractivity contribution in [1.82, 2.24) is 4.90 Å². The van der Waals surface area contributed by atoms with Gasteiger partial charge in [-0.05, 0) is 17.7 Å². The summed E-state index contributed by atoms with van der Waals surface area (Å²) in [5.41, 5.74) is 0.856. The monoisotopic (exact) mass is 297 g/mol. The number of hydrogen-bond donors (Lipinski definition) is 1. The van der Waals surface area contributed by atoms with Crippen LogP contribution >= 0.6 is 15.9 Å². The molecule has 2 atom stereocenters. The number of benzene rings is 1. The van der Waals surface area contributed by atoms with Gasteiger partial charge in [0.2, 0.25) is 5.91 Å². The van der Waals surface area contributed by atoms with Crippen LogP contribution in [0.2, 0.25) is 0 Å². The van der Waals surface area contributed by atoms with Crippen LogP contribution in [-0.4, -0.2) is 28.9 Å². The number of carboxylic acid groups (broad SMARTS) is 1. The fraction of sp³-hybridized carbons (Fsp3) is 0.333. The predicted molar refractivity (Wildman–Crippen MR) is 65.4 cm³/mol. The van der Waals surface area contributed by atoms with Gasteiger partial charge in [0.15, 0.2) is 0 Å². The summed E-state index contributed by atoms with van der Waals surface area (Å²) < 4.78 is 0.931. The van der Waals surface area contributed by atoms with Gasteiger partial charge in [0.05, 0.1) is 12.0 Å². The zero-order valence-corrected chi connectivity index (χ0v) is 10.8. The van der Waals surface area contributed by atoms with Gasteiger partial charge in [-0.25, -0.2) is 0 Å². The summed E-state index contributed by atoms with van der Waals surface area (Å²) >= 11 is 3.33. The van der Waals surface area contributed by atoms with Crippen molar-refractivity contribution < 1.29 is 14.7 Å². The van der Waals surface area contributed by atoms with Crippen LogP contribution in [0.4, 0.5) is 0 Å².